The maximum Gasteiger partial charge on any atom is 0.150 e. The van der Waals surface area contributed by atoms with Crippen molar-refractivity contribution in [1.82, 2.24) is 0 Å². The van der Waals surface area contributed by atoms with Crippen LogP contribution in [0.3, 0.4) is 0 Å². The maximum atomic E-state index is 11.2. The molecule has 0 atom stereocenters. The summed E-state index contributed by atoms with van der Waals surface area (Å²) < 4.78 is 0. The average Bonchev–Trinajstić information content (AvgIpc) is 2.34. The molecule has 0 saturated carbocycles. The molecule has 2 nitrogen and oxygen atoms in total. The van der Waals surface area contributed by atoms with Gasteiger partial charge in [-0.1, -0.05) is 34.6 Å². The van der Waals surface area contributed by atoms with E-state index in [9.17, 15) is 4.79 Å². The molecule has 0 heterocycles. The van der Waals surface area contributed by atoms with E-state index in [1.54, 1.807) is 0 Å². The summed E-state index contributed by atoms with van der Waals surface area (Å²) in [5, 5.41) is 0. The molecule has 0 aromatic heterocycles. The van der Waals surface area contributed by atoms with Crippen LogP contribution in [0.1, 0.15) is 57.5 Å². The zero-order valence-corrected chi connectivity index (χ0v) is 13.2. The molecule has 0 N–H and O–H groups in total. The van der Waals surface area contributed by atoms with Crippen LogP contribution in [0.4, 0.5) is 5.69 Å². The van der Waals surface area contributed by atoms with Gasteiger partial charge in [0.2, 0.25) is 0 Å². The van der Waals surface area contributed by atoms with Crippen LogP contribution in [0.2, 0.25) is 0 Å². The molecule has 106 valence electrons. The summed E-state index contributed by atoms with van der Waals surface area (Å²) in [7, 11) is 0. The third kappa shape index (κ3) is 4.09. The van der Waals surface area contributed by atoms with Gasteiger partial charge < -0.3 is 4.90 Å². The van der Waals surface area contributed by atoms with E-state index in [1.807, 2.05) is 6.07 Å². The summed E-state index contributed by atoms with van der Waals surface area (Å²) in [6, 6.07) is 6.19. The molecule has 1 aromatic rings. The summed E-state index contributed by atoms with van der Waals surface area (Å²) in [6.45, 7) is 15.1. The molecule has 2 heteroatoms. The van der Waals surface area contributed by atoms with E-state index < -0.39 is 0 Å². The Labute approximate surface area is 117 Å². The first-order valence-electron chi connectivity index (χ1n) is 7.14. The molecule has 1 rings (SSSR count). The molecule has 0 amide bonds. The van der Waals surface area contributed by atoms with Gasteiger partial charge in [-0.3, -0.25) is 4.79 Å². The Morgan fingerprint density at radius 1 is 1.26 bits per heavy atom. The van der Waals surface area contributed by atoms with E-state index in [1.165, 1.54) is 5.69 Å². The van der Waals surface area contributed by atoms with Gasteiger partial charge in [-0.15, -0.1) is 0 Å². The number of benzene rings is 1. The Morgan fingerprint density at radius 3 is 2.32 bits per heavy atom. The molecule has 19 heavy (non-hydrogen) atoms. The minimum Gasteiger partial charge on any atom is -0.372 e. The molecule has 0 bridgehead atoms. The number of hydrogen-bond donors (Lipinski definition) is 0. The number of hydrogen-bond acceptors (Lipinski definition) is 2. The van der Waals surface area contributed by atoms with Gasteiger partial charge in [0.1, 0.15) is 6.29 Å². The Morgan fingerprint density at radius 2 is 1.89 bits per heavy atom. The van der Waals surface area contributed by atoms with Crippen molar-refractivity contribution in [2.45, 2.75) is 47.0 Å². The highest BCUT2D eigenvalue weighted by atomic mass is 16.1. The van der Waals surface area contributed by atoms with Crippen molar-refractivity contribution in [3.8, 4) is 0 Å². The normalized spacial score (nSPS) is 11.7. The average molecular weight is 261 g/mol. The van der Waals surface area contributed by atoms with Crippen LogP contribution >= 0.6 is 0 Å². The fourth-order valence-electron chi connectivity index (χ4n) is 2.35. The lowest BCUT2D eigenvalue weighted by molar-refractivity contribution is 0.112. The van der Waals surface area contributed by atoms with Crippen molar-refractivity contribution >= 4 is 12.0 Å². The van der Waals surface area contributed by atoms with E-state index in [4.69, 9.17) is 0 Å². The minimum atomic E-state index is -0.0104. The molecule has 0 fully saturated rings. The molecule has 0 radical (unpaired) electrons. The van der Waals surface area contributed by atoms with Gasteiger partial charge in [0.05, 0.1) is 0 Å². The maximum absolute atomic E-state index is 11.2. The predicted molar refractivity (Wildman–Crippen MR) is 83.3 cm³/mol. The SMILES string of the molecule is CCN(CC(C)C)c1ccc(C=O)c(C(C)(C)C)c1. The third-order valence-electron chi connectivity index (χ3n) is 3.30. The van der Waals surface area contributed by atoms with E-state index in [-0.39, 0.29) is 5.41 Å². The summed E-state index contributed by atoms with van der Waals surface area (Å²) in [4.78, 5) is 13.6. The number of anilines is 1. The van der Waals surface area contributed by atoms with Crippen LogP contribution in [0.25, 0.3) is 0 Å². The second kappa shape index (κ2) is 6.23. The van der Waals surface area contributed by atoms with Crippen LogP contribution in [0.5, 0.6) is 0 Å². The topological polar surface area (TPSA) is 20.3 Å². The summed E-state index contributed by atoms with van der Waals surface area (Å²) in [5.74, 6) is 0.629. The van der Waals surface area contributed by atoms with Crippen LogP contribution < -0.4 is 4.90 Å². The first kappa shape index (κ1) is 15.7. The molecular weight excluding hydrogens is 234 g/mol. The Hall–Kier alpha value is -1.31. The molecule has 1 aromatic carbocycles. The zero-order chi connectivity index (χ0) is 14.6. The van der Waals surface area contributed by atoms with E-state index >= 15 is 0 Å². The van der Waals surface area contributed by atoms with Crippen molar-refractivity contribution < 1.29 is 4.79 Å². The fourth-order valence-corrected chi connectivity index (χ4v) is 2.35. The van der Waals surface area contributed by atoms with Gasteiger partial charge in [0.25, 0.3) is 0 Å². The number of nitrogens with zero attached hydrogens (tertiary/aromatic N) is 1. The molecule has 0 aliphatic carbocycles. The van der Waals surface area contributed by atoms with Crippen molar-refractivity contribution in [1.29, 1.82) is 0 Å². The predicted octanol–water partition coefficient (Wildman–Crippen LogP) is 4.28. The molecule has 0 saturated heterocycles. The van der Waals surface area contributed by atoms with Crippen molar-refractivity contribution in [2.75, 3.05) is 18.0 Å². The van der Waals surface area contributed by atoms with Gasteiger partial charge in [0.15, 0.2) is 0 Å². The smallest absolute Gasteiger partial charge is 0.150 e. The second-order valence-corrected chi connectivity index (χ2v) is 6.57. The Balaban J connectivity index is 3.20. The van der Waals surface area contributed by atoms with Crippen LogP contribution in [0.15, 0.2) is 18.2 Å². The number of carbonyl (C=O) groups is 1. The van der Waals surface area contributed by atoms with Crippen molar-refractivity contribution in [3.63, 3.8) is 0 Å². The number of carbonyl (C=O) groups excluding carboxylic acids is 1. The number of aldehydes is 1. The largest absolute Gasteiger partial charge is 0.372 e. The van der Waals surface area contributed by atoms with E-state index in [0.717, 1.165) is 30.5 Å². The standard InChI is InChI=1S/C17H27NO/c1-7-18(11-13(2)3)15-9-8-14(12-19)16(10-15)17(4,5)6/h8-10,12-13H,7,11H2,1-6H3. The van der Waals surface area contributed by atoms with Crippen LogP contribution in [-0.4, -0.2) is 19.4 Å². The lowest BCUT2D eigenvalue weighted by atomic mass is 9.83. The zero-order valence-electron chi connectivity index (χ0n) is 13.2. The third-order valence-corrected chi connectivity index (χ3v) is 3.30. The monoisotopic (exact) mass is 261 g/mol. The summed E-state index contributed by atoms with van der Waals surface area (Å²) >= 11 is 0. The van der Waals surface area contributed by atoms with Crippen LogP contribution in [0, 0.1) is 5.92 Å². The van der Waals surface area contributed by atoms with Gasteiger partial charge in [-0.2, -0.15) is 0 Å². The van der Waals surface area contributed by atoms with Crippen molar-refractivity contribution in [3.05, 3.63) is 29.3 Å². The first-order valence-corrected chi connectivity index (χ1v) is 7.14. The molecule has 0 aliphatic rings. The first-order chi connectivity index (χ1) is 8.79. The Bertz CT molecular complexity index is 429. The highest BCUT2D eigenvalue weighted by Crippen LogP contribution is 2.29. The fraction of sp³-hybridized carbons (Fsp3) is 0.588. The van der Waals surface area contributed by atoms with Gasteiger partial charge in [0, 0.05) is 24.3 Å². The Kier molecular flexibility index (Phi) is 5.16. The molecular formula is C17H27NO. The number of rotatable bonds is 5. The minimum absolute atomic E-state index is 0.0104. The van der Waals surface area contributed by atoms with E-state index in [2.05, 4.69) is 58.6 Å². The van der Waals surface area contributed by atoms with Crippen molar-refractivity contribution in [2.24, 2.45) is 5.92 Å². The van der Waals surface area contributed by atoms with Gasteiger partial charge in [-0.25, -0.2) is 0 Å². The van der Waals surface area contributed by atoms with Gasteiger partial charge >= 0.3 is 0 Å². The summed E-state index contributed by atoms with van der Waals surface area (Å²) in [6.07, 6.45) is 0.961. The highest BCUT2D eigenvalue weighted by molar-refractivity contribution is 5.79. The molecule has 0 unspecified atom stereocenters. The van der Waals surface area contributed by atoms with E-state index in [0.29, 0.717) is 5.92 Å². The highest BCUT2D eigenvalue weighted by Gasteiger charge is 2.19. The second-order valence-electron chi connectivity index (χ2n) is 6.57. The molecule has 0 spiro atoms. The summed E-state index contributed by atoms with van der Waals surface area (Å²) in [5.41, 5.74) is 3.13. The lowest BCUT2D eigenvalue weighted by Crippen LogP contribution is -2.28. The van der Waals surface area contributed by atoms with Gasteiger partial charge in [-0.05, 0) is 42.0 Å². The van der Waals surface area contributed by atoms with Crippen LogP contribution in [-0.2, 0) is 5.41 Å². The quantitative estimate of drug-likeness (QED) is 0.737. The molecule has 0 aliphatic heterocycles. The lowest BCUT2D eigenvalue weighted by Gasteiger charge is -2.28.